The molecule has 1 fully saturated rings. The molecule has 102 valence electrons. The van der Waals surface area contributed by atoms with Crippen LogP contribution in [0.2, 0.25) is 0 Å². The Kier molecular flexibility index (Phi) is 4.12. The second-order valence-corrected chi connectivity index (χ2v) is 4.83. The molecular formula is C14H17ClN2O2. The largest absolute Gasteiger partial charge is 0.478 e. The van der Waals surface area contributed by atoms with Crippen molar-refractivity contribution in [2.45, 2.75) is 19.4 Å². The number of H-pyrrole nitrogens is 1. The zero-order valence-electron chi connectivity index (χ0n) is 10.6. The summed E-state index contributed by atoms with van der Waals surface area (Å²) in [5, 5.41) is 10.1. The molecule has 2 aromatic rings. The van der Waals surface area contributed by atoms with Gasteiger partial charge >= 0.3 is 5.97 Å². The first kappa shape index (κ1) is 13.9. The van der Waals surface area contributed by atoms with Gasteiger partial charge < -0.3 is 10.1 Å². The average Bonchev–Trinajstić information content (AvgIpc) is 2.99. The molecule has 5 heteroatoms. The predicted molar refractivity (Wildman–Crippen MR) is 77.0 cm³/mol. The van der Waals surface area contributed by atoms with E-state index in [1.165, 1.54) is 12.8 Å². The number of halogens is 1. The van der Waals surface area contributed by atoms with E-state index in [2.05, 4.69) is 9.88 Å². The van der Waals surface area contributed by atoms with Crippen LogP contribution in [0.3, 0.4) is 0 Å². The van der Waals surface area contributed by atoms with Crippen molar-refractivity contribution in [3.05, 3.63) is 35.5 Å². The third kappa shape index (κ3) is 2.60. The molecule has 2 heterocycles. The number of rotatable bonds is 3. The van der Waals surface area contributed by atoms with Crippen molar-refractivity contribution >= 4 is 29.3 Å². The summed E-state index contributed by atoms with van der Waals surface area (Å²) in [6.45, 7) is 3.06. The van der Waals surface area contributed by atoms with Gasteiger partial charge in [-0.3, -0.25) is 4.90 Å². The maximum atomic E-state index is 11.3. The molecule has 1 saturated heterocycles. The number of hydrogen-bond donors (Lipinski definition) is 2. The number of aromatic amines is 1. The van der Waals surface area contributed by atoms with Crippen LogP contribution < -0.4 is 0 Å². The van der Waals surface area contributed by atoms with Crippen LogP contribution >= 0.6 is 12.4 Å². The summed E-state index contributed by atoms with van der Waals surface area (Å²) in [6, 6.07) is 5.38. The molecule has 1 aromatic heterocycles. The summed E-state index contributed by atoms with van der Waals surface area (Å²) >= 11 is 0. The van der Waals surface area contributed by atoms with Gasteiger partial charge in [-0.05, 0) is 43.6 Å². The lowest BCUT2D eigenvalue weighted by Crippen LogP contribution is -2.18. The monoisotopic (exact) mass is 280 g/mol. The molecule has 0 spiro atoms. The van der Waals surface area contributed by atoms with Gasteiger partial charge in [-0.1, -0.05) is 6.07 Å². The molecule has 0 atom stereocenters. The zero-order chi connectivity index (χ0) is 12.5. The molecular weight excluding hydrogens is 264 g/mol. The average molecular weight is 281 g/mol. The van der Waals surface area contributed by atoms with Crippen LogP contribution in [-0.4, -0.2) is 34.0 Å². The van der Waals surface area contributed by atoms with E-state index >= 15 is 0 Å². The smallest absolute Gasteiger partial charge is 0.336 e. The summed E-state index contributed by atoms with van der Waals surface area (Å²) in [6.07, 6.45) is 4.43. The SMILES string of the molecule is Cl.O=C(O)c1cccc2[nH]cc(CN3CCCC3)c12. The van der Waals surface area contributed by atoms with Crippen molar-refractivity contribution in [3.63, 3.8) is 0 Å². The van der Waals surface area contributed by atoms with E-state index in [1.54, 1.807) is 12.1 Å². The van der Waals surface area contributed by atoms with Crippen LogP contribution in [0.5, 0.6) is 0 Å². The highest BCUT2D eigenvalue weighted by atomic mass is 35.5. The third-order valence-electron chi connectivity index (χ3n) is 3.61. The quantitative estimate of drug-likeness (QED) is 0.909. The van der Waals surface area contributed by atoms with Crippen LogP contribution in [0.4, 0.5) is 0 Å². The summed E-state index contributed by atoms with van der Waals surface area (Å²) in [4.78, 5) is 16.8. The van der Waals surface area contributed by atoms with Crippen LogP contribution in [0.15, 0.2) is 24.4 Å². The van der Waals surface area contributed by atoms with E-state index in [1.807, 2.05) is 12.3 Å². The van der Waals surface area contributed by atoms with Crippen LogP contribution in [-0.2, 0) is 6.54 Å². The number of aromatic carboxylic acids is 1. The first-order chi connectivity index (χ1) is 8.75. The standard InChI is InChI=1S/C14H16N2O2.ClH/c17-14(18)11-4-3-5-12-13(11)10(8-15-12)9-16-6-1-2-7-16;/h3-5,8,15H,1-2,6-7,9H2,(H,17,18);1H. The number of benzene rings is 1. The molecule has 1 aliphatic rings. The van der Waals surface area contributed by atoms with Gasteiger partial charge in [-0.15, -0.1) is 12.4 Å². The maximum Gasteiger partial charge on any atom is 0.336 e. The van der Waals surface area contributed by atoms with Crippen LogP contribution in [0, 0.1) is 0 Å². The van der Waals surface area contributed by atoms with Gasteiger partial charge in [0, 0.05) is 23.6 Å². The van der Waals surface area contributed by atoms with E-state index in [9.17, 15) is 9.90 Å². The number of carboxylic acid groups (broad SMARTS) is 1. The highest BCUT2D eigenvalue weighted by Gasteiger charge is 2.17. The normalized spacial score (nSPS) is 15.6. The van der Waals surface area contributed by atoms with Crippen molar-refractivity contribution in [1.29, 1.82) is 0 Å². The van der Waals surface area contributed by atoms with Gasteiger partial charge in [0.25, 0.3) is 0 Å². The van der Waals surface area contributed by atoms with Gasteiger partial charge in [0.05, 0.1) is 5.56 Å². The number of aromatic nitrogens is 1. The fourth-order valence-corrected chi connectivity index (χ4v) is 2.74. The number of hydrogen-bond acceptors (Lipinski definition) is 2. The molecule has 3 rings (SSSR count). The van der Waals surface area contributed by atoms with Crippen LogP contribution in [0.1, 0.15) is 28.8 Å². The first-order valence-electron chi connectivity index (χ1n) is 6.30. The number of nitrogens with zero attached hydrogens (tertiary/aromatic N) is 1. The van der Waals surface area contributed by atoms with Gasteiger partial charge in [0.2, 0.25) is 0 Å². The fourth-order valence-electron chi connectivity index (χ4n) is 2.74. The highest BCUT2D eigenvalue weighted by molar-refractivity contribution is 6.04. The Morgan fingerprint density at radius 3 is 2.74 bits per heavy atom. The van der Waals surface area contributed by atoms with E-state index in [0.717, 1.165) is 36.1 Å². The number of carboxylic acids is 1. The molecule has 0 saturated carbocycles. The minimum atomic E-state index is -0.858. The topological polar surface area (TPSA) is 56.3 Å². The molecule has 2 N–H and O–H groups in total. The molecule has 0 amide bonds. The lowest BCUT2D eigenvalue weighted by atomic mass is 10.1. The predicted octanol–water partition coefficient (Wildman–Crippen LogP) is 2.88. The summed E-state index contributed by atoms with van der Waals surface area (Å²) < 4.78 is 0. The number of nitrogens with one attached hydrogen (secondary N) is 1. The van der Waals surface area contributed by atoms with E-state index in [0.29, 0.717) is 5.56 Å². The molecule has 1 aromatic carbocycles. The van der Waals surface area contributed by atoms with E-state index in [-0.39, 0.29) is 12.4 Å². The van der Waals surface area contributed by atoms with Gasteiger partial charge in [-0.2, -0.15) is 0 Å². The van der Waals surface area contributed by atoms with Gasteiger partial charge in [-0.25, -0.2) is 4.79 Å². The lowest BCUT2D eigenvalue weighted by molar-refractivity contribution is 0.0699. The van der Waals surface area contributed by atoms with Crippen LogP contribution in [0.25, 0.3) is 10.9 Å². The Labute approximate surface area is 117 Å². The molecule has 0 radical (unpaired) electrons. The first-order valence-corrected chi connectivity index (χ1v) is 6.30. The Bertz CT molecular complexity index is 588. The van der Waals surface area contributed by atoms with E-state index in [4.69, 9.17) is 0 Å². The van der Waals surface area contributed by atoms with Gasteiger partial charge in [0.1, 0.15) is 0 Å². The van der Waals surface area contributed by atoms with Crippen molar-refractivity contribution in [2.24, 2.45) is 0 Å². The minimum absolute atomic E-state index is 0. The third-order valence-corrected chi connectivity index (χ3v) is 3.61. The molecule has 1 aliphatic heterocycles. The zero-order valence-corrected chi connectivity index (χ0v) is 11.4. The molecule has 0 bridgehead atoms. The lowest BCUT2D eigenvalue weighted by Gasteiger charge is -2.14. The Balaban J connectivity index is 0.00000133. The van der Waals surface area contributed by atoms with Crippen molar-refractivity contribution in [3.8, 4) is 0 Å². The molecule has 0 aliphatic carbocycles. The minimum Gasteiger partial charge on any atom is -0.478 e. The highest BCUT2D eigenvalue weighted by Crippen LogP contribution is 2.25. The summed E-state index contributed by atoms with van der Waals surface area (Å²) in [7, 11) is 0. The maximum absolute atomic E-state index is 11.3. The fraction of sp³-hybridized carbons (Fsp3) is 0.357. The Hall–Kier alpha value is -1.52. The number of fused-ring (bicyclic) bond motifs is 1. The van der Waals surface area contributed by atoms with Gasteiger partial charge in [0.15, 0.2) is 0 Å². The van der Waals surface area contributed by atoms with Crippen molar-refractivity contribution in [1.82, 2.24) is 9.88 Å². The second kappa shape index (κ2) is 5.63. The number of carbonyl (C=O) groups is 1. The van der Waals surface area contributed by atoms with E-state index < -0.39 is 5.97 Å². The summed E-state index contributed by atoms with van der Waals surface area (Å²) in [5.41, 5.74) is 2.39. The van der Waals surface area contributed by atoms with Crippen molar-refractivity contribution in [2.75, 3.05) is 13.1 Å². The Morgan fingerprint density at radius 1 is 1.32 bits per heavy atom. The second-order valence-electron chi connectivity index (χ2n) is 4.83. The molecule has 19 heavy (non-hydrogen) atoms. The summed E-state index contributed by atoms with van der Waals surface area (Å²) in [5.74, 6) is -0.858. The Morgan fingerprint density at radius 2 is 2.05 bits per heavy atom. The molecule has 0 unspecified atom stereocenters. The van der Waals surface area contributed by atoms with Crippen molar-refractivity contribution < 1.29 is 9.90 Å². The molecule has 4 nitrogen and oxygen atoms in total. The number of likely N-dealkylation sites (tertiary alicyclic amines) is 1.